The Morgan fingerprint density at radius 1 is 1.24 bits per heavy atom. The van der Waals surface area contributed by atoms with Gasteiger partial charge in [-0.25, -0.2) is 9.37 Å². The van der Waals surface area contributed by atoms with Crippen molar-refractivity contribution in [1.82, 2.24) is 4.98 Å². The van der Waals surface area contributed by atoms with E-state index in [0.29, 0.717) is 18.3 Å². The fourth-order valence-electron chi connectivity index (χ4n) is 3.36. The molecule has 1 aliphatic carbocycles. The summed E-state index contributed by atoms with van der Waals surface area (Å²) in [6.45, 7) is 4.03. The van der Waals surface area contributed by atoms with Gasteiger partial charge in [-0.05, 0) is 62.1 Å². The van der Waals surface area contributed by atoms with Gasteiger partial charge in [-0.15, -0.1) is 11.8 Å². The molecular weight excluding hydrogens is 389 g/mol. The van der Waals surface area contributed by atoms with Crippen molar-refractivity contribution in [2.45, 2.75) is 50.8 Å². The van der Waals surface area contributed by atoms with E-state index in [0.717, 1.165) is 23.1 Å². The molecule has 1 aromatic heterocycles. The van der Waals surface area contributed by atoms with E-state index in [9.17, 15) is 9.18 Å². The molecule has 0 amide bonds. The third-order valence-electron chi connectivity index (χ3n) is 5.25. The fourth-order valence-corrected chi connectivity index (χ4v) is 3.81. The SMILES string of the molecule is CCC1CCC(CO)CC1.CSc1cccc(Oc2ncc(F)cc2C(C)=O)c1. The van der Waals surface area contributed by atoms with Gasteiger partial charge in [-0.3, -0.25) is 4.79 Å². The van der Waals surface area contributed by atoms with E-state index in [1.807, 2.05) is 24.5 Å². The second kappa shape index (κ2) is 11.9. The zero-order valence-corrected chi connectivity index (χ0v) is 18.2. The summed E-state index contributed by atoms with van der Waals surface area (Å²) in [7, 11) is 0. The van der Waals surface area contributed by atoms with Gasteiger partial charge >= 0.3 is 0 Å². The summed E-state index contributed by atoms with van der Waals surface area (Å²) in [4.78, 5) is 16.3. The van der Waals surface area contributed by atoms with Gasteiger partial charge in [0, 0.05) is 11.5 Å². The van der Waals surface area contributed by atoms with Crippen molar-refractivity contribution in [2.24, 2.45) is 11.8 Å². The van der Waals surface area contributed by atoms with Crippen LogP contribution in [0.25, 0.3) is 0 Å². The summed E-state index contributed by atoms with van der Waals surface area (Å²) >= 11 is 1.58. The van der Waals surface area contributed by atoms with Crippen LogP contribution in [-0.4, -0.2) is 28.7 Å². The van der Waals surface area contributed by atoms with E-state index in [-0.39, 0.29) is 17.2 Å². The number of aliphatic hydroxyl groups is 1. The predicted molar refractivity (Wildman–Crippen MR) is 115 cm³/mol. The van der Waals surface area contributed by atoms with Crippen LogP contribution >= 0.6 is 11.8 Å². The average molecular weight is 420 g/mol. The van der Waals surface area contributed by atoms with Crippen LogP contribution in [0.1, 0.15) is 56.3 Å². The van der Waals surface area contributed by atoms with Gasteiger partial charge in [0.15, 0.2) is 5.78 Å². The molecule has 1 heterocycles. The van der Waals surface area contributed by atoms with Gasteiger partial charge in [0.2, 0.25) is 5.88 Å². The number of ketones is 1. The van der Waals surface area contributed by atoms with E-state index in [2.05, 4.69) is 11.9 Å². The molecule has 0 bridgehead atoms. The standard InChI is InChI=1S/C14H12FNO2S.C9H18O/c1-9(17)13-6-10(15)8-16-14(13)18-11-4-3-5-12(7-11)19-2;1-2-8-3-5-9(7-10)6-4-8/h3-8H,1-2H3;8-10H,2-7H2,1H3. The molecule has 0 radical (unpaired) electrons. The predicted octanol–water partition coefficient (Wildman–Crippen LogP) is 6.13. The highest BCUT2D eigenvalue weighted by Gasteiger charge is 2.18. The largest absolute Gasteiger partial charge is 0.438 e. The van der Waals surface area contributed by atoms with Crippen LogP contribution in [0.15, 0.2) is 41.4 Å². The highest BCUT2D eigenvalue weighted by Crippen LogP contribution is 2.30. The number of benzene rings is 1. The Labute approximate surface area is 176 Å². The van der Waals surface area contributed by atoms with Gasteiger partial charge in [-0.1, -0.05) is 32.3 Å². The molecular formula is C23H30FNO3S. The second-order valence-electron chi connectivity index (χ2n) is 7.32. The Bertz CT molecular complexity index is 779. The summed E-state index contributed by atoms with van der Waals surface area (Å²) < 4.78 is 18.6. The maximum Gasteiger partial charge on any atom is 0.230 e. The number of hydrogen-bond donors (Lipinski definition) is 1. The number of Topliss-reactive ketones (excluding diaryl/α,β-unsaturated/α-hetero) is 1. The van der Waals surface area contributed by atoms with E-state index in [4.69, 9.17) is 9.84 Å². The van der Waals surface area contributed by atoms with Crippen molar-refractivity contribution in [3.8, 4) is 11.6 Å². The lowest BCUT2D eigenvalue weighted by Crippen LogP contribution is -2.16. The molecule has 0 atom stereocenters. The topological polar surface area (TPSA) is 59.4 Å². The molecule has 1 aliphatic rings. The Hall–Kier alpha value is -1.92. The summed E-state index contributed by atoms with van der Waals surface area (Å²) in [5.74, 6) is 1.42. The summed E-state index contributed by atoms with van der Waals surface area (Å²) in [5.41, 5.74) is 0.134. The first kappa shape index (κ1) is 23.4. The third kappa shape index (κ3) is 7.44. The molecule has 1 fully saturated rings. The molecule has 1 N–H and O–H groups in total. The van der Waals surface area contributed by atoms with E-state index in [1.165, 1.54) is 39.0 Å². The molecule has 1 saturated carbocycles. The Balaban J connectivity index is 0.000000253. The molecule has 29 heavy (non-hydrogen) atoms. The Kier molecular flexibility index (Phi) is 9.61. The van der Waals surface area contributed by atoms with Crippen molar-refractivity contribution in [3.05, 3.63) is 47.9 Å². The van der Waals surface area contributed by atoms with E-state index in [1.54, 1.807) is 17.8 Å². The number of carbonyl (C=O) groups is 1. The maximum absolute atomic E-state index is 13.1. The Morgan fingerprint density at radius 2 is 1.93 bits per heavy atom. The van der Waals surface area contributed by atoms with Crippen molar-refractivity contribution in [1.29, 1.82) is 0 Å². The van der Waals surface area contributed by atoms with Gasteiger partial charge in [0.25, 0.3) is 0 Å². The lowest BCUT2D eigenvalue weighted by molar-refractivity contribution is 0.101. The molecule has 3 rings (SSSR count). The first-order valence-electron chi connectivity index (χ1n) is 10.1. The van der Waals surface area contributed by atoms with Crippen LogP contribution in [0.4, 0.5) is 4.39 Å². The number of halogens is 1. The number of ether oxygens (including phenoxy) is 1. The number of rotatable bonds is 6. The van der Waals surface area contributed by atoms with E-state index < -0.39 is 5.82 Å². The molecule has 158 valence electrons. The minimum atomic E-state index is -0.560. The smallest absolute Gasteiger partial charge is 0.230 e. The van der Waals surface area contributed by atoms with Crippen LogP contribution in [-0.2, 0) is 0 Å². The molecule has 0 aliphatic heterocycles. The quantitative estimate of drug-likeness (QED) is 0.451. The third-order valence-corrected chi connectivity index (χ3v) is 5.98. The van der Waals surface area contributed by atoms with E-state index >= 15 is 0 Å². The minimum absolute atomic E-state index is 0.118. The van der Waals surface area contributed by atoms with Gasteiger partial charge in [-0.2, -0.15) is 0 Å². The highest BCUT2D eigenvalue weighted by molar-refractivity contribution is 7.98. The van der Waals surface area contributed by atoms with Gasteiger partial charge < -0.3 is 9.84 Å². The second-order valence-corrected chi connectivity index (χ2v) is 8.20. The fraction of sp³-hybridized carbons (Fsp3) is 0.478. The normalized spacial score (nSPS) is 18.5. The number of thioether (sulfide) groups is 1. The lowest BCUT2D eigenvalue weighted by Gasteiger charge is -2.26. The van der Waals surface area contributed by atoms with Crippen LogP contribution < -0.4 is 4.74 Å². The lowest BCUT2D eigenvalue weighted by atomic mass is 9.81. The van der Waals surface area contributed by atoms with Crippen LogP contribution in [0.5, 0.6) is 11.6 Å². The van der Waals surface area contributed by atoms with Crippen LogP contribution in [0.2, 0.25) is 0 Å². The van der Waals surface area contributed by atoms with Crippen molar-refractivity contribution in [2.75, 3.05) is 12.9 Å². The average Bonchev–Trinajstić information content (AvgIpc) is 2.75. The van der Waals surface area contributed by atoms with Crippen LogP contribution in [0, 0.1) is 17.7 Å². The van der Waals surface area contributed by atoms with Crippen molar-refractivity contribution < 1.29 is 19.0 Å². The first-order chi connectivity index (χ1) is 14.0. The monoisotopic (exact) mass is 419 g/mol. The van der Waals surface area contributed by atoms with Crippen molar-refractivity contribution in [3.63, 3.8) is 0 Å². The number of aliphatic hydroxyl groups excluding tert-OH is 1. The molecule has 1 aromatic carbocycles. The molecule has 6 heteroatoms. The minimum Gasteiger partial charge on any atom is -0.438 e. The Morgan fingerprint density at radius 3 is 2.52 bits per heavy atom. The molecule has 0 saturated heterocycles. The van der Waals surface area contributed by atoms with Crippen LogP contribution in [0.3, 0.4) is 0 Å². The van der Waals surface area contributed by atoms with Gasteiger partial charge in [0.05, 0.1) is 11.8 Å². The number of hydrogen-bond acceptors (Lipinski definition) is 5. The number of aromatic nitrogens is 1. The maximum atomic E-state index is 13.1. The highest BCUT2D eigenvalue weighted by atomic mass is 32.2. The number of carbonyl (C=O) groups excluding carboxylic acids is 1. The zero-order valence-electron chi connectivity index (χ0n) is 17.4. The first-order valence-corrected chi connectivity index (χ1v) is 11.3. The summed E-state index contributed by atoms with van der Waals surface area (Å²) in [5, 5.41) is 8.85. The van der Waals surface area contributed by atoms with Crippen molar-refractivity contribution >= 4 is 17.5 Å². The molecule has 0 unspecified atom stereocenters. The number of nitrogens with zero attached hydrogens (tertiary/aromatic N) is 1. The summed E-state index contributed by atoms with van der Waals surface area (Å²) in [6, 6.07) is 8.51. The van der Waals surface area contributed by atoms with Gasteiger partial charge in [0.1, 0.15) is 11.6 Å². The summed E-state index contributed by atoms with van der Waals surface area (Å²) in [6.07, 6.45) is 9.53. The molecule has 4 nitrogen and oxygen atoms in total. The molecule has 2 aromatic rings. The number of pyridine rings is 1. The molecule has 0 spiro atoms. The zero-order chi connectivity index (χ0) is 21.2.